The SMILES string of the molecule is CCCCCCCCCCC(NC(=O)CNC(=O)C(CO)NC(=O)C(Cc1c[nH]c2ccccc12)NC(=O)CCC(=O)N[C@@H]1O[C@H](CO)[C@@H](O)[C@H](O)[C@H]1O)C(=O)NC(CCCCCCCCCC)C(=O)NCC(N)=O. The van der Waals surface area contributed by atoms with E-state index in [-0.39, 0.29) is 19.3 Å². The van der Waals surface area contributed by atoms with Gasteiger partial charge < -0.3 is 78.2 Å². The number of primary amides is 1. The molecule has 2 aromatic rings. The van der Waals surface area contributed by atoms with E-state index < -0.39 is 141 Å². The van der Waals surface area contributed by atoms with Crippen LogP contribution >= 0.6 is 0 Å². The molecule has 2 heterocycles. The Balaban J connectivity index is 1.68. The second-order valence-corrected chi connectivity index (χ2v) is 19.4. The first-order valence-electron chi connectivity index (χ1n) is 26.8. The zero-order chi connectivity index (χ0) is 55.1. The van der Waals surface area contributed by atoms with E-state index in [2.05, 4.69) is 56.0 Å². The van der Waals surface area contributed by atoms with Crippen LogP contribution in [0.2, 0.25) is 0 Å². The van der Waals surface area contributed by atoms with Crippen LogP contribution in [0, 0.1) is 0 Å². The van der Waals surface area contributed by atoms with E-state index in [0.29, 0.717) is 18.4 Å². The predicted octanol–water partition coefficient (Wildman–Crippen LogP) is 0.118. The summed E-state index contributed by atoms with van der Waals surface area (Å²) in [6, 6.07) is 2.05. The highest BCUT2D eigenvalue weighted by molar-refractivity contribution is 5.96. The first-order chi connectivity index (χ1) is 36.0. The molecule has 4 unspecified atom stereocenters. The Bertz CT molecular complexity index is 2090. The van der Waals surface area contributed by atoms with Crippen LogP contribution in [0.3, 0.4) is 0 Å². The lowest BCUT2D eigenvalue weighted by Gasteiger charge is -2.40. The Kier molecular flexibility index (Phi) is 30.1. The Hall–Kier alpha value is -5.72. The van der Waals surface area contributed by atoms with Crippen molar-refractivity contribution >= 4 is 58.2 Å². The molecule has 422 valence electrons. The molecule has 0 aliphatic carbocycles. The van der Waals surface area contributed by atoms with E-state index in [4.69, 9.17) is 10.5 Å². The van der Waals surface area contributed by atoms with Gasteiger partial charge >= 0.3 is 0 Å². The van der Waals surface area contributed by atoms with Crippen LogP contribution in [0.4, 0.5) is 0 Å². The van der Waals surface area contributed by atoms with Gasteiger partial charge in [0.05, 0.1) is 26.3 Å². The summed E-state index contributed by atoms with van der Waals surface area (Å²) >= 11 is 0. The number of carbonyl (C=O) groups excluding carboxylic acids is 8. The highest BCUT2D eigenvalue weighted by Gasteiger charge is 2.44. The Morgan fingerprint density at radius 3 is 1.68 bits per heavy atom. The minimum absolute atomic E-state index is 0.115. The molecule has 1 aromatic carbocycles. The lowest BCUT2D eigenvalue weighted by atomic mass is 9.98. The molecular weight excluding hydrogens is 975 g/mol. The van der Waals surface area contributed by atoms with E-state index in [1.807, 2.05) is 0 Å². The highest BCUT2D eigenvalue weighted by atomic mass is 16.6. The van der Waals surface area contributed by atoms with Crippen molar-refractivity contribution in [3.05, 3.63) is 36.0 Å². The van der Waals surface area contributed by atoms with Gasteiger partial charge in [-0.15, -0.1) is 0 Å². The maximum absolute atomic E-state index is 13.9. The van der Waals surface area contributed by atoms with Crippen molar-refractivity contribution in [1.82, 2.24) is 42.2 Å². The van der Waals surface area contributed by atoms with Crippen LogP contribution in [-0.2, 0) is 49.5 Å². The predicted molar refractivity (Wildman–Crippen MR) is 278 cm³/mol. The van der Waals surface area contributed by atoms with Crippen molar-refractivity contribution in [2.75, 3.05) is 26.3 Å². The fourth-order valence-electron chi connectivity index (χ4n) is 8.75. The number of para-hydroxylation sites is 1. The van der Waals surface area contributed by atoms with Crippen molar-refractivity contribution < 1.29 is 68.6 Å². The molecule has 0 saturated carbocycles. The lowest BCUT2D eigenvalue weighted by Crippen LogP contribution is -2.63. The number of aromatic nitrogens is 1. The number of hydrogen-bond donors (Lipinski definition) is 14. The summed E-state index contributed by atoms with van der Waals surface area (Å²) < 4.78 is 5.30. The van der Waals surface area contributed by atoms with Gasteiger partial charge in [0.15, 0.2) is 6.23 Å². The fourth-order valence-corrected chi connectivity index (χ4v) is 8.75. The number of aromatic amines is 1. The van der Waals surface area contributed by atoms with Crippen LogP contribution < -0.4 is 43.0 Å². The van der Waals surface area contributed by atoms with Crippen LogP contribution in [-0.4, -0.2) is 159 Å². The summed E-state index contributed by atoms with van der Waals surface area (Å²) in [6.07, 6.45) is 8.92. The topological polar surface area (TPSA) is 373 Å². The molecule has 23 heteroatoms. The molecule has 1 fully saturated rings. The minimum atomic E-state index is -1.76. The van der Waals surface area contributed by atoms with Crippen LogP contribution in [0.15, 0.2) is 30.5 Å². The van der Waals surface area contributed by atoms with Crippen LogP contribution in [0.1, 0.15) is 148 Å². The average Bonchev–Trinajstić information content (AvgIpc) is 3.81. The number of aliphatic hydroxyl groups excluding tert-OH is 5. The highest BCUT2D eigenvalue weighted by Crippen LogP contribution is 2.21. The Morgan fingerprint density at radius 2 is 1.09 bits per heavy atom. The molecule has 1 saturated heterocycles. The van der Waals surface area contributed by atoms with Crippen molar-refractivity contribution in [2.45, 2.75) is 203 Å². The van der Waals surface area contributed by atoms with E-state index in [1.165, 1.54) is 6.42 Å². The van der Waals surface area contributed by atoms with Gasteiger partial charge in [-0.1, -0.05) is 135 Å². The first-order valence-corrected chi connectivity index (χ1v) is 26.8. The molecule has 9 atom stereocenters. The third-order valence-electron chi connectivity index (χ3n) is 13.2. The smallest absolute Gasteiger partial charge is 0.245 e. The number of nitrogens with two attached hydrogens (primary N) is 1. The normalized spacial score (nSPS) is 18.9. The molecular formula is C52H85N9O14. The standard InChI is InChI=1S/C52H85N9O14/c1-3-5-7-9-11-13-15-17-23-36(48(71)55-29-41(53)64)59-50(73)37(24-18-16-14-12-10-8-6-4-2)57-44(67)30-56-49(72)39(31-62)60-51(74)38(27-33-28-54-35-22-20-19-21-34(33)35)58-42(65)25-26-43(66)61-52-47(70)46(69)45(68)40(32-63)75-52/h19-22,28,36-40,45-47,52,54,62-63,68-70H,3-18,23-27,29-32H2,1-2H3,(H2,53,64)(H,55,71)(H,56,72)(H,57,67)(H,58,65)(H,59,73)(H,60,74)(H,61,66)/t36?,37?,38?,39?,40-,45-,46+,47-,52-/m1/s1. The Morgan fingerprint density at radius 1 is 0.587 bits per heavy atom. The average molecular weight is 1060 g/mol. The van der Waals surface area contributed by atoms with Crippen molar-refractivity contribution in [2.24, 2.45) is 5.73 Å². The quantitative estimate of drug-likeness (QED) is 0.0398. The minimum Gasteiger partial charge on any atom is -0.394 e. The second-order valence-electron chi connectivity index (χ2n) is 19.4. The van der Waals surface area contributed by atoms with Crippen LogP contribution in [0.25, 0.3) is 10.9 Å². The number of rotatable bonds is 38. The van der Waals surface area contributed by atoms with Gasteiger partial charge in [0.1, 0.15) is 48.6 Å². The Labute approximate surface area is 439 Å². The molecule has 1 aliphatic rings. The zero-order valence-corrected chi connectivity index (χ0v) is 43.7. The summed E-state index contributed by atoms with van der Waals surface area (Å²) in [5, 5.41) is 68.5. The molecule has 0 bridgehead atoms. The van der Waals surface area contributed by atoms with E-state index >= 15 is 0 Å². The zero-order valence-electron chi connectivity index (χ0n) is 43.7. The van der Waals surface area contributed by atoms with Gasteiger partial charge in [-0.25, -0.2) is 0 Å². The number of amides is 8. The van der Waals surface area contributed by atoms with Crippen molar-refractivity contribution in [1.29, 1.82) is 0 Å². The molecule has 75 heavy (non-hydrogen) atoms. The molecule has 8 amide bonds. The summed E-state index contributed by atoms with van der Waals surface area (Å²) in [7, 11) is 0. The molecule has 0 radical (unpaired) electrons. The van der Waals surface area contributed by atoms with E-state index in [0.717, 1.165) is 94.4 Å². The number of nitrogens with one attached hydrogen (secondary N) is 8. The third-order valence-corrected chi connectivity index (χ3v) is 13.2. The van der Waals surface area contributed by atoms with Gasteiger partial charge in [0.25, 0.3) is 0 Å². The maximum atomic E-state index is 13.9. The second kappa shape index (κ2) is 35.5. The van der Waals surface area contributed by atoms with Crippen molar-refractivity contribution in [3.63, 3.8) is 0 Å². The molecule has 0 spiro atoms. The number of hydrogen-bond acceptors (Lipinski definition) is 14. The van der Waals surface area contributed by atoms with Crippen molar-refractivity contribution in [3.8, 4) is 0 Å². The molecule has 3 rings (SSSR count). The number of aliphatic hydroxyl groups is 5. The van der Waals surface area contributed by atoms with Gasteiger partial charge in [-0.05, 0) is 24.5 Å². The van der Waals surface area contributed by atoms with Gasteiger partial charge in [0, 0.05) is 36.4 Å². The number of unbranched alkanes of at least 4 members (excludes halogenated alkanes) is 14. The number of H-pyrrole nitrogens is 1. The van der Waals surface area contributed by atoms with Gasteiger partial charge in [-0.2, -0.15) is 0 Å². The third kappa shape index (κ3) is 23.4. The number of benzene rings is 1. The fraction of sp³-hybridized carbons (Fsp3) is 0.692. The van der Waals surface area contributed by atoms with Crippen LogP contribution in [0.5, 0.6) is 0 Å². The maximum Gasteiger partial charge on any atom is 0.245 e. The van der Waals surface area contributed by atoms with E-state index in [1.54, 1.807) is 30.5 Å². The number of fused-ring (bicyclic) bond motifs is 1. The summed E-state index contributed by atoms with van der Waals surface area (Å²) in [5.41, 5.74) is 6.61. The summed E-state index contributed by atoms with van der Waals surface area (Å²) in [6.45, 7) is 1.55. The monoisotopic (exact) mass is 1060 g/mol. The summed E-state index contributed by atoms with van der Waals surface area (Å²) in [5.74, 6) is -6.21. The van der Waals surface area contributed by atoms with Gasteiger partial charge in [-0.3, -0.25) is 38.4 Å². The number of ether oxygens (including phenoxy) is 1. The largest absolute Gasteiger partial charge is 0.394 e. The van der Waals surface area contributed by atoms with Gasteiger partial charge in [0.2, 0.25) is 47.3 Å². The molecule has 15 N–H and O–H groups in total. The first kappa shape index (κ1) is 63.6. The number of carbonyl (C=O) groups is 8. The molecule has 1 aromatic heterocycles. The van der Waals surface area contributed by atoms with E-state index in [9.17, 15) is 63.9 Å². The summed E-state index contributed by atoms with van der Waals surface area (Å²) in [4.78, 5) is 109. The molecule has 23 nitrogen and oxygen atoms in total. The molecule has 1 aliphatic heterocycles. The lowest BCUT2D eigenvalue weighted by molar-refractivity contribution is -0.236.